The third-order valence-corrected chi connectivity index (χ3v) is 2.73. The van der Waals surface area contributed by atoms with Crippen LogP contribution in [0.15, 0.2) is 18.2 Å². The van der Waals surface area contributed by atoms with E-state index in [0.29, 0.717) is 17.8 Å². The largest absolute Gasteiger partial charge is 0.399 e. The topological polar surface area (TPSA) is 64.3 Å². The predicted molar refractivity (Wildman–Crippen MR) is 76.3 cm³/mol. The van der Waals surface area contributed by atoms with Crippen molar-refractivity contribution >= 4 is 24.0 Å². The second-order valence-corrected chi connectivity index (χ2v) is 4.72. The highest BCUT2D eigenvalue weighted by Gasteiger charge is 2.18. The van der Waals surface area contributed by atoms with E-state index in [1.807, 2.05) is 26.8 Å². The van der Waals surface area contributed by atoms with Crippen molar-refractivity contribution in [3.05, 3.63) is 29.3 Å². The number of nitrogens with two attached hydrogens (primary N) is 1. The van der Waals surface area contributed by atoms with Gasteiger partial charge in [0.25, 0.3) is 5.91 Å². The summed E-state index contributed by atoms with van der Waals surface area (Å²) in [6.45, 7) is 6.17. The van der Waals surface area contributed by atoms with Crippen molar-refractivity contribution < 1.29 is 9.53 Å². The van der Waals surface area contributed by atoms with E-state index >= 15 is 0 Å². The molecule has 5 heteroatoms. The Morgan fingerprint density at radius 1 is 1.44 bits per heavy atom. The second kappa shape index (κ2) is 6.61. The van der Waals surface area contributed by atoms with E-state index in [1.54, 1.807) is 19.2 Å². The first-order valence-corrected chi connectivity index (χ1v) is 5.55. The molecule has 1 amide bonds. The number of hydrogen-bond acceptors (Lipinski definition) is 3. The van der Waals surface area contributed by atoms with Gasteiger partial charge in [0.15, 0.2) is 0 Å². The zero-order chi connectivity index (χ0) is 13.1. The number of rotatable bonds is 4. The van der Waals surface area contributed by atoms with Gasteiger partial charge in [-0.1, -0.05) is 6.07 Å². The number of anilines is 1. The molecule has 18 heavy (non-hydrogen) atoms. The third-order valence-electron chi connectivity index (χ3n) is 2.73. The normalized spacial score (nSPS) is 10.7. The van der Waals surface area contributed by atoms with Crippen LogP contribution in [-0.2, 0) is 4.74 Å². The molecule has 102 valence electrons. The van der Waals surface area contributed by atoms with Crippen LogP contribution in [0.2, 0.25) is 0 Å². The Balaban J connectivity index is 0.00000289. The Kier molecular flexibility index (Phi) is 6.15. The molecule has 0 spiro atoms. The number of carbonyl (C=O) groups is 1. The summed E-state index contributed by atoms with van der Waals surface area (Å²) in [5.41, 5.74) is 7.40. The smallest absolute Gasteiger partial charge is 0.251 e. The summed E-state index contributed by atoms with van der Waals surface area (Å²) < 4.78 is 5.24. The van der Waals surface area contributed by atoms with Crippen molar-refractivity contribution in [2.24, 2.45) is 0 Å². The molecule has 0 unspecified atom stereocenters. The van der Waals surface area contributed by atoms with Crippen LogP contribution in [0.5, 0.6) is 0 Å². The molecule has 0 aliphatic rings. The number of aryl methyl sites for hydroxylation is 1. The number of halogens is 1. The molecule has 3 N–H and O–H groups in total. The van der Waals surface area contributed by atoms with E-state index in [4.69, 9.17) is 10.5 Å². The summed E-state index contributed by atoms with van der Waals surface area (Å²) in [7, 11) is 1.62. The molecular formula is C13H21ClN2O2. The highest BCUT2D eigenvalue weighted by Crippen LogP contribution is 2.13. The molecule has 0 fully saturated rings. The minimum absolute atomic E-state index is 0. The Bertz CT molecular complexity index is 419. The lowest BCUT2D eigenvalue weighted by molar-refractivity contribution is 0.0228. The van der Waals surface area contributed by atoms with Gasteiger partial charge >= 0.3 is 0 Å². The molecule has 0 saturated heterocycles. The fraction of sp³-hybridized carbons (Fsp3) is 0.462. The number of nitrogen functional groups attached to an aromatic ring is 1. The number of ether oxygens (including phenoxy) is 1. The summed E-state index contributed by atoms with van der Waals surface area (Å²) in [6.07, 6.45) is 0. The van der Waals surface area contributed by atoms with Crippen molar-refractivity contribution in [2.75, 3.05) is 19.4 Å². The van der Waals surface area contributed by atoms with Crippen molar-refractivity contribution in [2.45, 2.75) is 26.4 Å². The van der Waals surface area contributed by atoms with Crippen molar-refractivity contribution in [1.82, 2.24) is 5.32 Å². The van der Waals surface area contributed by atoms with Gasteiger partial charge in [-0.15, -0.1) is 12.4 Å². The highest BCUT2D eigenvalue weighted by atomic mass is 35.5. The summed E-state index contributed by atoms with van der Waals surface area (Å²) in [6, 6.07) is 5.31. The van der Waals surface area contributed by atoms with Crippen LogP contribution in [0.4, 0.5) is 5.69 Å². The number of carbonyl (C=O) groups excluding carboxylic acids is 1. The second-order valence-electron chi connectivity index (χ2n) is 4.72. The van der Waals surface area contributed by atoms with E-state index in [2.05, 4.69) is 5.32 Å². The maximum atomic E-state index is 12.0. The monoisotopic (exact) mass is 272 g/mol. The van der Waals surface area contributed by atoms with Gasteiger partial charge < -0.3 is 15.8 Å². The molecule has 0 aliphatic heterocycles. The fourth-order valence-electron chi connectivity index (χ4n) is 1.34. The van der Waals surface area contributed by atoms with Crippen molar-refractivity contribution in [3.63, 3.8) is 0 Å². The average Bonchev–Trinajstić information content (AvgIpc) is 2.29. The van der Waals surface area contributed by atoms with Gasteiger partial charge in [-0.05, 0) is 38.5 Å². The zero-order valence-corrected chi connectivity index (χ0v) is 12.1. The first-order chi connectivity index (χ1) is 7.85. The van der Waals surface area contributed by atoms with E-state index in [0.717, 1.165) is 5.56 Å². The molecule has 1 aromatic carbocycles. The van der Waals surface area contributed by atoms with Crippen molar-refractivity contribution in [3.8, 4) is 0 Å². The van der Waals surface area contributed by atoms with E-state index in [-0.39, 0.29) is 23.9 Å². The molecule has 0 atom stereocenters. The quantitative estimate of drug-likeness (QED) is 0.826. The molecule has 0 aromatic heterocycles. The Morgan fingerprint density at radius 3 is 2.61 bits per heavy atom. The lowest BCUT2D eigenvalue weighted by Crippen LogP contribution is -2.39. The first-order valence-electron chi connectivity index (χ1n) is 5.55. The Hall–Kier alpha value is -1.26. The lowest BCUT2D eigenvalue weighted by atomic mass is 10.1. The van der Waals surface area contributed by atoms with Gasteiger partial charge in [-0.3, -0.25) is 4.79 Å². The maximum Gasteiger partial charge on any atom is 0.251 e. The van der Waals surface area contributed by atoms with Crippen LogP contribution in [0.3, 0.4) is 0 Å². The summed E-state index contributed by atoms with van der Waals surface area (Å²) in [4.78, 5) is 12.0. The lowest BCUT2D eigenvalue weighted by Gasteiger charge is -2.23. The average molecular weight is 273 g/mol. The highest BCUT2D eigenvalue weighted by molar-refractivity contribution is 5.96. The summed E-state index contributed by atoms with van der Waals surface area (Å²) >= 11 is 0. The number of hydrogen-bond donors (Lipinski definition) is 2. The predicted octanol–water partition coefficient (Wildman–Crippen LogP) is 2.15. The van der Waals surface area contributed by atoms with Crippen LogP contribution in [0, 0.1) is 6.92 Å². The standard InChI is InChI=1S/C13H20N2O2.ClH/c1-9-5-6-10(14)7-11(9)12(16)15-8-13(2,3)17-4;/h5-7H,8,14H2,1-4H3,(H,15,16);1H. The molecule has 1 rings (SSSR count). The minimum atomic E-state index is -0.371. The molecule has 0 aliphatic carbocycles. The third kappa shape index (κ3) is 4.55. The van der Waals surface area contributed by atoms with Gasteiger partial charge in [-0.2, -0.15) is 0 Å². The van der Waals surface area contributed by atoms with Crippen LogP contribution in [0.25, 0.3) is 0 Å². The number of methoxy groups -OCH3 is 1. The number of benzene rings is 1. The van der Waals surface area contributed by atoms with Gasteiger partial charge in [-0.25, -0.2) is 0 Å². The van der Waals surface area contributed by atoms with Gasteiger partial charge in [0, 0.05) is 24.9 Å². The zero-order valence-electron chi connectivity index (χ0n) is 11.2. The van der Waals surface area contributed by atoms with E-state index in [1.165, 1.54) is 0 Å². The Morgan fingerprint density at radius 2 is 2.06 bits per heavy atom. The molecule has 0 bridgehead atoms. The summed E-state index contributed by atoms with van der Waals surface area (Å²) in [5.74, 6) is -0.125. The fourth-order valence-corrected chi connectivity index (χ4v) is 1.34. The molecule has 0 radical (unpaired) electrons. The van der Waals surface area contributed by atoms with Crippen LogP contribution in [-0.4, -0.2) is 25.2 Å². The van der Waals surface area contributed by atoms with Gasteiger partial charge in [0.1, 0.15) is 0 Å². The molecule has 0 saturated carbocycles. The molecule has 1 aromatic rings. The number of nitrogens with one attached hydrogen (secondary N) is 1. The Labute approximate surface area is 114 Å². The summed E-state index contributed by atoms with van der Waals surface area (Å²) in [5, 5.41) is 2.84. The van der Waals surface area contributed by atoms with E-state index in [9.17, 15) is 4.79 Å². The number of amides is 1. The van der Waals surface area contributed by atoms with Crippen LogP contribution >= 0.6 is 12.4 Å². The van der Waals surface area contributed by atoms with Crippen molar-refractivity contribution in [1.29, 1.82) is 0 Å². The maximum absolute atomic E-state index is 12.0. The molecule has 0 heterocycles. The molecular weight excluding hydrogens is 252 g/mol. The first kappa shape index (κ1) is 16.7. The van der Waals surface area contributed by atoms with Gasteiger partial charge in [0.2, 0.25) is 0 Å². The van der Waals surface area contributed by atoms with E-state index < -0.39 is 0 Å². The molecule has 4 nitrogen and oxygen atoms in total. The van der Waals surface area contributed by atoms with Crippen LogP contribution < -0.4 is 11.1 Å². The minimum Gasteiger partial charge on any atom is -0.399 e. The van der Waals surface area contributed by atoms with Gasteiger partial charge in [0.05, 0.1) is 5.60 Å². The van der Waals surface area contributed by atoms with Crippen LogP contribution in [0.1, 0.15) is 29.8 Å². The SMILES string of the molecule is COC(C)(C)CNC(=O)c1cc(N)ccc1C.Cl.